The molecule has 0 radical (unpaired) electrons. The third kappa shape index (κ3) is 4.53. The number of nitrogens with one attached hydrogen (secondary N) is 1. The number of hydrogen-bond donors (Lipinski definition) is 2. The molecule has 112 valence electrons. The molecule has 1 unspecified atom stereocenters. The van der Waals surface area contributed by atoms with Crippen LogP contribution in [0.5, 0.6) is 0 Å². The van der Waals surface area contributed by atoms with E-state index in [1.54, 1.807) is 6.92 Å². The first-order valence-electron chi connectivity index (χ1n) is 7.32. The topological polar surface area (TPSA) is 52.6 Å². The van der Waals surface area contributed by atoms with Crippen molar-refractivity contribution >= 4 is 11.7 Å². The van der Waals surface area contributed by atoms with E-state index in [-0.39, 0.29) is 0 Å². The molecule has 0 fully saturated rings. The Kier molecular flexibility index (Phi) is 6.52. The maximum absolute atomic E-state index is 11.4. The number of nitrogens with zero attached hydrogens (tertiary/aromatic N) is 1. The molecule has 1 aromatic carbocycles. The van der Waals surface area contributed by atoms with Gasteiger partial charge in [0.25, 0.3) is 0 Å². The van der Waals surface area contributed by atoms with Gasteiger partial charge < -0.3 is 15.3 Å². The Hall–Kier alpha value is -1.55. The molecule has 0 amide bonds. The number of carbonyl (C=O) groups is 1. The van der Waals surface area contributed by atoms with Gasteiger partial charge in [0.15, 0.2) is 0 Å². The van der Waals surface area contributed by atoms with Gasteiger partial charge in [0.2, 0.25) is 0 Å². The molecule has 0 aromatic heterocycles. The second-order valence-electron chi connectivity index (χ2n) is 5.19. The van der Waals surface area contributed by atoms with E-state index in [0.717, 1.165) is 19.5 Å². The smallest absolute Gasteiger partial charge is 0.323 e. The van der Waals surface area contributed by atoms with Crippen molar-refractivity contribution in [3.8, 4) is 0 Å². The summed E-state index contributed by atoms with van der Waals surface area (Å²) in [6.45, 7) is 8.28. The summed E-state index contributed by atoms with van der Waals surface area (Å²) in [4.78, 5) is 13.6. The van der Waals surface area contributed by atoms with Gasteiger partial charge in [0.05, 0.1) is 0 Å². The Labute approximate surface area is 121 Å². The van der Waals surface area contributed by atoms with Crippen molar-refractivity contribution in [2.45, 2.75) is 39.2 Å². The van der Waals surface area contributed by atoms with Gasteiger partial charge in [-0.1, -0.05) is 25.1 Å². The molecule has 0 heterocycles. The summed E-state index contributed by atoms with van der Waals surface area (Å²) in [5.41, 5.74) is 0.362. The van der Waals surface area contributed by atoms with Gasteiger partial charge in [-0.2, -0.15) is 0 Å². The van der Waals surface area contributed by atoms with Gasteiger partial charge in [-0.3, -0.25) is 4.79 Å². The van der Waals surface area contributed by atoms with Crippen LogP contribution < -0.4 is 10.2 Å². The number of likely N-dealkylation sites (N-methyl/N-ethyl adjacent to an activating group) is 1. The van der Waals surface area contributed by atoms with E-state index in [0.29, 0.717) is 13.0 Å². The molecule has 0 spiro atoms. The predicted molar refractivity (Wildman–Crippen MR) is 83.3 cm³/mol. The SMILES string of the molecule is CCNC(C)(CCCN(CC)c1ccccc1)C(=O)O. The van der Waals surface area contributed by atoms with Gasteiger partial charge in [0, 0.05) is 18.8 Å². The van der Waals surface area contributed by atoms with Gasteiger partial charge in [-0.25, -0.2) is 0 Å². The van der Waals surface area contributed by atoms with Crippen LogP contribution in [-0.4, -0.2) is 36.2 Å². The van der Waals surface area contributed by atoms with Gasteiger partial charge in [-0.15, -0.1) is 0 Å². The highest BCUT2D eigenvalue weighted by atomic mass is 16.4. The lowest BCUT2D eigenvalue weighted by molar-refractivity contribution is -0.144. The quantitative estimate of drug-likeness (QED) is 0.729. The summed E-state index contributed by atoms with van der Waals surface area (Å²) in [5, 5.41) is 12.4. The van der Waals surface area contributed by atoms with Gasteiger partial charge >= 0.3 is 5.97 Å². The van der Waals surface area contributed by atoms with E-state index < -0.39 is 11.5 Å². The molecule has 0 aliphatic rings. The summed E-state index contributed by atoms with van der Waals surface area (Å²) in [5.74, 6) is -0.776. The van der Waals surface area contributed by atoms with Crippen LogP contribution in [-0.2, 0) is 4.79 Å². The van der Waals surface area contributed by atoms with E-state index in [9.17, 15) is 9.90 Å². The predicted octanol–water partition coefficient (Wildman–Crippen LogP) is 2.75. The van der Waals surface area contributed by atoms with Crippen molar-refractivity contribution in [1.82, 2.24) is 5.32 Å². The van der Waals surface area contributed by atoms with E-state index >= 15 is 0 Å². The number of para-hydroxylation sites is 1. The summed E-state index contributed by atoms with van der Waals surface area (Å²) in [6, 6.07) is 10.2. The van der Waals surface area contributed by atoms with Crippen molar-refractivity contribution in [2.24, 2.45) is 0 Å². The third-order valence-electron chi connectivity index (χ3n) is 3.65. The number of benzene rings is 1. The van der Waals surface area contributed by atoms with Gasteiger partial charge in [-0.05, 0) is 45.4 Å². The molecule has 20 heavy (non-hydrogen) atoms. The molecule has 2 N–H and O–H groups in total. The average molecular weight is 278 g/mol. The first-order chi connectivity index (χ1) is 9.53. The molecule has 0 aliphatic carbocycles. The zero-order valence-corrected chi connectivity index (χ0v) is 12.7. The third-order valence-corrected chi connectivity index (χ3v) is 3.65. The zero-order valence-electron chi connectivity index (χ0n) is 12.7. The average Bonchev–Trinajstić information content (AvgIpc) is 2.44. The second-order valence-corrected chi connectivity index (χ2v) is 5.19. The van der Waals surface area contributed by atoms with Crippen LogP contribution >= 0.6 is 0 Å². The van der Waals surface area contributed by atoms with Crippen LogP contribution in [0.2, 0.25) is 0 Å². The molecule has 4 heteroatoms. The summed E-state index contributed by atoms with van der Waals surface area (Å²) < 4.78 is 0. The summed E-state index contributed by atoms with van der Waals surface area (Å²) >= 11 is 0. The Morgan fingerprint density at radius 2 is 1.95 bits per heavy atom. The molecular formula is C16H26N2O2. The standard InChI is InChI=1S/C16H26N2O2/c1-4-17-16(3,15(19)20)12-9-13-18(5-2)14-10-7-6-8-11-14/h6-8,10-11,17H,4-5,9,12-13H2,1-3H3,(H,19,20). The van der Waals surface area contributed by atoms with Crippen LogP contribution in [0, 0.1) is 0 Å². The molecule has 1 aromatic rings. The lowest BCUT2D eigenvalue weighted by Gasteiger charge is -2.28. The second kappa shape index (κ2) is 7.90. The minimum atomic E-state index is -0.829. The minimum Gasteiger partial charge on any atom is -0.480 e. The molecule has 1 rings (SSSR count). The number of carboxylic acid groups (broad SMARTS) is 1. The van der Waals surface area contributed by atoms with E-state index in [1.165, 1.54) is 5.69 Å². The Morgan fingerprint density at radius 1 is 1.30 bits per heavy atom. The Balaban J connectivity index is 2.55. The molecule has 0 saturated carbocycles. The Morgan fingerprint density at radius 3 is 2.45 bits per heavy atom. The fourth-order valence-electron chi connectivity index (χ4n) is 2.39. The first kappa shape index (κ1) is 16.5. The largest absolute Gasteiger partial charge is 0.480 e. The minimum absolute atomic E-state index is 0.625. The highest BCUT2D eigenvalue weighted by Crippen LogP contribution is 2.17. The lowest BCUT2D eigenvalue weighted by Crippen LogP contribution is -2.49. The molecule has 0 aliphatic heterocycles. The van der Waals surface area contributed by atoms with Crippen molar-refractivity contribution in [3.63, 3.8) is 0 Å². The lowest BCUT2D eigenvalue weighted by atomic mass is 9.95. The van der Waals surface area contributed by atoms with Crippen molar-refractivity contribution < 1.29 is 9.90 Å². The molecule has 1 atom stereocenters. The zero-order chi connectivity index (χ0) is 15.0. The number of hydrogen-bond acceptors (Lipinski definition) is 3. The molecular weight excluding hydrogens is 252 g/mol. The highest BCUT2D eigenvalue weighted by molar-refractivity contribution is 5.78. The van der Waals surface area contributed by atoms with Crippen molar-refractivity contribution in [3.05, 3.63) is 30.3 Å². The first-order valence-corrected chi connectivity index (χ1v) is 7.32. The number of aliphatic carboxylic acids is 1. The van der Waals surface area contributed by atoms with Crippen LogP contribution in [0.15, 0.2) is 30.3 Å². The van der Waals surface area contributed by atoms with Crippen LogP contribution in [0.4, 0.5) is 5.69 Å². The monoisotopic (exact) mass is 278 g/mol. The van der Waals surface area contributed by atoms with E-state index in [2.05, 4.69) is 29.3 Å². The Bertz CT molecular complexity index is 408. The van der Waals surface area contributed by atoms with Gasteiger partial charge in [0.1, 0.15) is 5.54 Å². The molecule has 0 bridgehead atoms. The van der Waals surface area contributed by atoms with Crippen LogP contribution in [0.25, 0.3) is 0 Å². The summed E-state index contributed by atoms with van der Waals surface area (Å²) in [6.07, 6.45) is 1.47. The highest BCUT2D eigenvalue weighted by Gasteiger charge is 2.31. The number of anilines is 1. The summed E-state index contributed by atoms with van der Waals surface area (Å²) in [7, 11) is 0. The maximum atomic E-state index is 11.4. The molecule has 0 saturated heterocycles. The fraction of sp³-hybridized carbons (Fsp3) is 0.562. The molecule has 4 nitrogen and oxygen atoms in total. The number of rotatable bonds is 9. The fourth-order valence-corrected chi connectivity index (χ4v) is 2.39. The number of carboxylic acids is 1. The van der Waals surface area contributed by atoms with Crippen molar-refractivity contribution in [1.29, 1.82) is 0 Å². The normalized spacial score (nSPS) is 13.8. The van der Waals surface area contributed by atoms with Crippen molar-refractivity contribution in [2.75, 3.05) is 24.5 Å². The maximum Gasteiger partial charge on any atom is 0.323 e. The van der Waals surface area contributed by atoms with Crippen LogP contribution in [0.3, 0.4) is 0 Å². The van der Waals surface area contributed by atoms with E-state index in [4.69, 9.17) is 0 Å². The van der Waals surface area contributed by atoms with Crippen LogP contribution in [0.1, 0.15) is 33.6 Å². The van der Waals surface area contributed by atoms with E-state index in [1.807, 2.05) is 25.1 Å².